The number of hydrogen-bond donors (Lipinski definition) is 0. The highest BCUT2D eigenvalue weighted by Gasteiger charge is 2.20. The third-order valence-electron chi connectivity index (χ3n) is 4.26. The second kappa shape index (κ2) is 6.11. The Morgan fingerprint density at radius 2 is 1.64 bits per heavy atom. The van der Waals surface area contributed by atoms with Crippen LogP contribution in [0.4, 0.5) is 4.39 Å². The van der Waals surface area contributed by atoms with E-state index in [1.165, 1.54) is 12.1 Å². The first kappa shape index (κ1) is 17.4. The molecule has 0 N–H and O–H groups in total. The molecular formula is C19H18FNO3S. The van der Waals surface area contributed by atoms with Crippen LogP contribution in [0.3, 0.4) is 0 Å². The summed E-state index contributed by atoms with van der Waals surface area (Å²) in [7, 11) is -3.62. The molecule has 6 heteroatoms. The zero-order chi connectivity index (χ0) is 18.4. The minimum absolute atomic E-state index is 0.321. The van der Waals surface area contributed by atoms with E-state index in [2.05, 4.69) is 5.16 Å². The molecule has 130 valence electrons. The van der Waals surface area contributed by atoms with Gasteiger partial charge in [-0.1, -0.05) is 23.4 Å². The van der Waals surface area contributed by atoms with Crippen molar-refractivity contribution in [2.45, 2.75) is 25.7 Å². The van der Waals surface area contributed by atoms with Crippen LogP contribution in [0.5, 0.6) is 0 Å². The summed E-state index contributed by atoms with van der Waals surface area (Å²) in [5.41, 5.74) is 4.92. The maximum atomic E-state index is 14.3. The Kier molecular flexibility index (Phi) is 4.24. The van der Waals surface area contributed by atoms with Crippen molar-refractivity contribution in [2.75, 3.05) is 6.26 Å². The molecule has 0 aliphatic rings. The van der Waals surface area contributed by atoms with E-state index < -0.39 is 15.7 Å². The molecule has 0 aliphatic heterocycles. The molecule has 0 unspecified atom stereocenters. The van der Waals surface area contributed by atoms with Crippen LogP contribution in [0.25, 0.3) is 22.4 Å². The van der Waals surface area contributed by atoms with Gasteiger partial charge in [-0.3, -0.25) is 0 Å². The van der Waals surface area contributed by atoms with Gasteiger partial charge in [0.1, 0.15) is 22.2 Å². The van der Waals surface area contributed by atoms with Crippen molar-refractivity contribution in [3.05, 3.63) is 59.1 Å². The zero-order valence-electron chi connectivity index (χ0n) is 14.4. The SMILES string of the molecule is Cc1ccc(-c2noc(C)c2-c2ccc(S(C)(=O)=O)c(F)c2)cc1C. The van der Waals surface area contributed by atoms with Crippen LogP contribution < -0.4 is 0 Å². The van der Waals surface area contributed by atoms with E-state index >= 15 is 0 Å². The van der Waals surface area contributed by atoms with Crippen LogP contribution >= 0.6 is 0 Å². The molecule has 0 bridgehead atoms. The molecule has 2 aromatic carbocycles. The molecule has 1 aromatic heterocycles. The molecule has 25 heavy (non-hydrogen) atoms. The summed E-state index contributed by atoms with van der Waals surface area (Å²) in [5.74, 6) is -0.244. The van der Waals surface area contributed by atoms with Gasteiger partial charge in [0.2, 0.25) is 0 Å². The summed E-state index contributed by atoms with van der Waals surface area (Å²) in [6.07, 6.45) is 0.982. The fraction of sp³-hybridized carbons (Fsp3) is 0.211. The molecule has 0 spiro atoms. The molecule has 0 saturated carbocycles. The number of halogens is 1. The van der Waals surface area contributed by atoms with Crippen LogP contribution in [0.15, 0.2) is 45.8 Å². The molecule has 0 aliphatic carbocycles. The minimum Gasteiger partial charge on any atom is -0.360 e. The third-order valence-corrected chi connectivity index (χ3v) is 5.39. The van der Waals surface area contributed by atoms with E-state index in [0.29, 0.717) is 22.6 Å². The van der Waals surface area contributed by atoms with Crippen LogP contribution in [0.2, 0.25) is 0 Å². The Morgan fingerprint density at radius 1 is 0.960 bits per heavy atom. The summed E-state index contributed by atoms with van der Waals surface area (Å²) in [4.78, 5) is -0.321. The van der Waals surface area contributed by atoms with E-state index in [-0.39, 0.29) is 4.90 Å². The maximum Gasteiger partial charge on any atom is 0.178 e. The predicted octanol–water partition coefficient (Wildman–Crippen LogP) is 4.48. The standard InChI is InChI=1S/C19H18FNO3S/c1-11-5-6-15(9-12(11)2)19-18(13(3)24-21-19)14-7-8-17(16(20)10-14)25(4,22)23/h5-10H,1-4H3. The summed E-state index contributed by atoms with van der Waals surface area (Å²) in [6, 6.07) is 9.98. The van der Waals surface area contributed by atoms with Crippen molar-refractivity contribution < 1.29 is 17.3 Å². The van der Waals surface area contributed by atoms with Gasteiger partial charge in [-0.25, -0.2) is 12.8 Å². The van der Waals surface area contributed by atoms with E-state index in [9.17, 15) is 12.8 Å². The maximum absolute atomic E-state index is 14.3. The molecule has 3 rings (SSSR count). The third kappa shape index (κ3) is 3.22. The topological polar surface area (TPSA) is 60.2 Å². The van der Waals surface area contributed by atoms with Gasteiger partial charge in [0.15, 0.2) is 9.84 Å². The molecule has 3 aromatic rings. The summed E-state index contributed by atoms with van der Waals surface area (Å²) < 4.78 is 42.8. The van der Waals surface area contributed by atoms with Crippen molar-refractivity contribution >= 4 is 9.84 Å². The van der Waals surface area contributed by atoms with Gasteiger partial charge in [0, 0.05) is 11.8 Å². The van der Waals surface area contributed by atoms with Crippen molar-refractivity contribution in [3.63, 3.8) is 0 Å². The van der Waals surface area contributed by atoms with Gasteiger partial charge in [0.05, 0.1) is 5.56 Å². The first-order chi connectivity index (χ1) is 11.7. The first-order valence-corrected chi connectivity index (χ1v) is 9.61. The number of aryl methyl sites for hydroxylation is 3. The van der Waals surface area contributed by atoms with Gasteiger partial charge in [-0.05, 0) is 55.7 Å². The quantitative estimate of drug-likeness (QED) is 0.692. The van der Waals surface area contributed by atoms with Gasteiger partial charge in [0.25, 0.3) is 0 Å². The van der Waals surface area contributed by atoms with Crippen molar-refractivity contribution in [1.82, 2.24) is 5.16 Å². The second-order valence-electron chi connectivity index (χ2n) is 6.18. The lowest BCUT2D eigenvalue weighted by Gasteiger charge is -2.07. The van der Waals surface area contributed by atoms with Crippen LogP contribution in [0.1, 0.15) is 16.9 Å². The Bertz CT molecular complexity index is 1070. The lowest BCUT2D eigenvalue weighted by Crippen LogP contribution is -2.00. The lowest BCUT2D eigenvalue weighted by molar-refractivity contribution is 0.400. The normalized spacial score (nSPS) is 11.7. The highest BCUT2D eigenvalue weighted by atomic mass is 32.2. The molecule has 0 radical (unpaired) electrons. The van der Waals surface area contributed by atoms with Crippen LogP contribution in [-0.4, -0.2) is 19.8 Å². The van der Waals surface area contributed by atoms with Gasteiger partial charge < -0.3 is 4.52 Å². The summed E-state index contributed by atoms with van der Waals surface area (Å²) in [5, 5.41) is 4.12. The number of nitrogens with zero attached hydrogens (tertiary/aromatic N) is 1. The molecule has 0 saturated heterocycles. The number of benzene rings is 2. The smallest absolute Gasteiger partial charge is 0.178 e. The molecule has 4 nitrogen and oxygen atoms in total. The Morgan fingerprint density at radius 3 is 2.24 bits per heavy atom. The average Bonchev–Trinajstić information content (AvgIpc) is 2.90. The summed E-state index contributed by atoms with van der Waals surface area (Å²) in [6.45, 7) is 5.77. The minimum atomic E-state index is -3.62. The molecule has 0 amide bonds. The first-order valence-electron chi connectivity index (χ1n) is 7.72. The largest absolute Gasteiger partial charge is 0.360 e. The van der Waals surface area contributed by atoms with Crippen molar-refractivity contribution in [3.8, 4) is 22.4 Å². The fourth-order valence-electron chi connectivity index (χ4n) is 2.75. The van der Waals surface area contributed by atoms with Gasteiger partial charge >= 0.3 is 0 Å². The Hall–Kier alpha value is -2.47. The van der Waals surface area contributed by atoms with E-state index in [0.717, 1.165) is 22.9 Å². The number of aromatic nitrogens is 1. The number of sulfone groups is 1. The predicted molar refractivity (Wildman–Crippen MR) is 94.7 cm³/mol. The van der Waals surface area contributed by atoms with Crippen molar-refractivity contribution in [1.29, 1.82) is 0 Å². The van der Waals surface area contributed by atoms with Gasteiger partial charge in [-0.2, -0.15) is 0 Å². The van der Waals surface area contributed by atoms with E-state index in [1.807, 2.05) is 32.0 Å². The van der Waals surface area contributed by atoms with Gasteiger partial charge in [-0.15, -0.1) is 0 Å². The Labute approximate surface area is 146 Å². The average molecular weight is 359 g/mol. The molecular weight excluding hydrogens is 341 g/mol. The highest BCUT2D eigenvalue weighted by Crippen LogP contribution is 2.36. The van der Waals surface area contributed by atoms with Crippen molar-refractivity contribution in [2.24, 2.45) is 0 Å². The lowest BCUT2D eigenvalue weighted by atomic mass is 9.97. The fourth-order valence-corrected chi connectivity index (χ4v) is 3.48. The van der Waals surface area contributed by atoms with Crippen LogP contribution in [0, 0.1) is 26.6 Å². The molecule has 0 atom stereocenters. The Balaban J connectivity index is 2.17. The summed E-state index contributed by atoms with van der Waals surface area (Å²) >= 11 is 0. The van der Waals surface area contributed by atoms with E-state index in [1.54, 1.807) is 13.0 Å². The molecule has 1 heterocycles. The number of rotatable bonds is 3. The highest BCUT2D eigenvalue weighted by molar-refractivity contribution is 7.90. The van der Waals surface area contributed by atoms with E-state index in [4.69, 9.17) is 4.52 Å². The monoisotopic (exact) mass is 359 g/mol. The zero-order valence-corrected chi connectivity index (χ0v) is 15.2. The molecule has 0 fully saturated rings. The van der Waals surface area contributed by atoms with Crippen LogP contribution in [-0.2, 0) is 9.84 Å². The number of hydrogen-bond acceptors (Lipinski definition) is 4. The second-order valence-corrected chi connectivity index (χ2v) is 8.16.